The minimum atomic E-state index is -0.936. The Bertz CT molecular complexity index is 822. The maximum absolute atomic E-state index is 11.1. The number of imidazole rings is 1. The summed E-state index contributed by atoms with van der Waals surface area (Å²) in [5.41, 5.74) is 1.92. The van der Waals surface area contributed by atoms with Crippen molar-refractivity contribution in [2.24, 2.45) is 0 Å². The first-order chi connectivity index (χ1) is 10.1. The molecule has 0 saturated carbocycles. The molecule has 21 heavy (non-hydrogen) atoms. The summed E-state index contributed by atoms with van der Waals surface area (Å²) in [6, 6.07) is 8.94. The molecule has 0 saturated heterocycles. The van der Waals surface area contributed by atoms with Crippen molar-refractivity contribution in [3.8, 4) is 0 Å². The Hall–Kier alpha value is -1.85. The highest BCUT2D eigenvalue weighted by molar-refractivity contribution is 7.16. The highest BCUT2D eigenvalue weighted by Crippen LogP contribution is 2.25. The first-order valence-corrected chi connectivity index (χ1v) is 7.74. The van der Waals surface area contributed by atoms with Gasteiger partial charge in [0.1, 0.15) is 5.82 Å². The van der Waals surface area contributed by atoms with Crippen LogP contribution >= 0.6 is 22.9 Å². The summed E-state index contributed by atoms with van der Waals surface area (Å²) >= 11 is 7.52. The molecule has 6 heteroatoms. The summed E-state index contributed by atoms with van der Waals surface area (Å²) in [6.07, 6.45) is 0.788. The fraction of sp³-hybridized carbons (Fsp3) is 0.200. The number of carboxylic acid groups (broad SMARTS) is 1. The van der Waals surface area contributed by atoms with E-state index in [0.717, 1.165) is 32.5 Å². The van der Waals surface area contributed by atoms with Crippen LogP contribution in [0.3, 0.4) is 0 Å². The molecule has 0 atom stereocenters. The average molecular weight is 321 g/mol. The van der Waals surface area contributed by atoms with Crippen LogP contribution < -0.4 is 0 Å². The SMILES string of the molecule is CCc1nc2cc(C(=O)O)ccc2n1Cc1ccc(Cl)s1. The zero-order chi connectivity index (χ0) is 15.0. The number of nitrogens with zero attached hydrogens (tertiary/aromatic N) is 2. The quantitative estimate of drug-likeness (QED) is 0.788. The topological polar surface area (TPSA) is 55.1 Å². The van der Waals surface area contributed by atoms with Gasteiger partial charge in [-0.25, -0.2) is 9.78 Å². The molecule has 1 aromatic carbocycles. The van der Waals surface area contributed by atoms with Gasteiger partial charge in [-0.3, -0.25) is 0 Å². The molecular formula is C15H13ClN2O2S. The second-order valence-corrected chi connectivity index (χ2v) is 6.48. The number of aromatic carboxylic acids is 1. The lowest BCUT2D eigenvalue weighted by Gasteiger charge is -2.06. The van der Waals surface area contributed by atoms with Crippen LogP contribution in [0.1, 0.15) is 28.0 Å². The van der Waals surface area contributed by atoms with E-state index in [1.807, 2.05) is 25.1 Å². The third-order valence-electron chi connectivity index (χ3n) is 3.33. The highest BCUT2D eigenvalue weighted by atomic mass is 35.5. The maximum atomic E-state index is 11.1. The van der Waals surface area contributed by atoms with Gasteiger partial charge in [0.25, 0.3) is 0 Å². The van der Waals surface area contributed by atoms with Crippen LogP contribution in [0.2, 0.25) is 4.34 Å². The highest BCUT2D eigenvalue weighted by Gasteiger charge is 2.13. The number of fused-ring (bicyclic) bond motifs is 1. The predicted octanol–water partition coefficient (Wildman–Crippen LogP) is 4.06. The van der Waals surface area contributed by atoms with E-state index in [0.29, 0.717) is 6.54 Å². The van der Waals surface area contributed by atoms with Crippen molar-refractivity contribution >= 4 is 39.9 Å². The number of carboxylic acids is 1. The second-order valence-electron chi connectivity index (χ2n) is 4.68. The van der Waals surface area contributed by atoms with Gasteiger partial charge in [0.15, 0.2) is 0 Å². The summed E-state index contributed by atoms with van der Waals surface area (Å²) < 4.78 is 2.88. The third-order valence-corrected chi connectivity index (χ3v) is 4.55. The van der Waals surface area contributed by atoms with Crippen molar-refractivity contribution in [2.45, 2.75) is 19.9 Å². The number of hydrogen-bond donors (Lipinski definition) is 1. The molecule has 3 aromatic rings. The van der Waals surface area contributed by atoms with E-state index in [2.05, 4.69) is 9.55 Å². The summed E-state index contributed by atoms with van der Waals surface area (Å²) in [6.45, 7) is 2.74. The lowest BCUT2D eigenvalue weighted by Crippen LogP contribution is -2.03. The number of aryl methyl sites for hydroxylation is 1. The van der Waals surface area contributed by atoms with Crippen molar-refractivity contribution < 1.29 is 9.90 Å². The van der Waals surface area contributed by atoms with Gasteiger partial charge >= 0.3 is 5.97 Å². The van der Waals surface area contributed by atoms with Crippen LogP contribution in [-0.2, 0) is 13.0 Å². The first kappa shape index (κ1) is 14.1. The van der Waals surface area contributed by atoms with Crippen LogP contribution in [0, 0.1) is 0 Å². The maximum Gasteiger partial charge on any atom is 0.335 e. The van der Waals surface area contributed by atoms with Crippen molar-refractivity contribution in [2.75, 3.05) is 0 Å². The number of hydrogen-bond acceptors (Lipinski definition) is 3. The molecule has 2 aromatic heterocycles. The number of aromatic nitrogens is 2. The molecule has 0 unspecified atom stereocenters. The summed E-state index contributed by atoms with van der Waals surface area (Å²) in [5, 5.41) is 9.07. The normalized spacial score (nSPS) is 11.1. The lowest BCUT2D eigenvalue weighted by molar-refractivity contribution is 0.0697. The van der Waals surface area contributed by atoms with Crippen molar-refractivity contribution in [1.29, 1.82) is 0 Å². The molecule has 2 heterocycles. The van der Waals surface area contributed by atoms with E-state index in [1.165, 1.54) is 0 Å². The molecule has 108 valence electrons. The van der Waals surface area contributed by atoms with Crippen LogP contribution in [0.25, 0.3) is 11.0 Å². The molecule has 0 aliphatic rings. The summed E-state index contributed by atoms with van der Waals surface area (Å²) in [4.78, 5) is 16.7. The average Bonchev–Trinajstić information content (AvgIpc) is 3.02. The first-order valence-electron chi connectivity index (χ1n) is 6.55. The van der Waals surface area contributed by atoms with Gasteiger partial charge in [0.2, 0.25) is 0 Å². The molecule has 0 aliphatic carbocycles. The number of rotatable bonds is 4. The molecule has 0 spiro atoms. The van der Waals surface area contributed by atoms with Crippen LogP contribution in [0.15, 0.2) is 30.3 Å². The minimum absolute atomic E-state index is 0.258. The molecule has 1 N–H and O–H groups in total. The number of benzene rings is 1. The molecule has 0 amide bonds. The number of halogens is 1. The van der Waals surface area contributed by atoms with Gasteiger partial charge in [-0.05, 0) is 30.3 Å². The van der Waals surface area contributed by atoms with Crippen molar-refractivity contribution in [3.05, 3.63) is 50.9 Å². The Morgan fingerprint density at radius 3 is 2.81 bits per heavy atom. The van der Waals surface area contributed by atoms with Crippen LogP contribution in [0.5, 0.6) is 0 Å². The van der Waals surface area contributed by atoms with Crippen molar-refractivity contribution in [3.63, 3.8) is 0 Å². The Balaban J connectivity index is 2.09. The summed E-state index contributed by atoms with van der Waals surface area (Å²) in [7, 11) is 0. The standard InChI is InChI=1S/C15H13ClN2O2S/c1-2-14-17-11-7-9(15(19)20)3-5-12(11)18(14)8-10-4-6-13(16)21-10/h3-7H,2,8H2,1H3,(H,19,20). The molecule has 3 rings (SSSR count). The third kappa shape index (κ3) is 2.66. The minimum Gasteiger partial charge on any atom is -0.478 e. The van der Waals surface area contributed by atoms with Gasteiger partial charge in [0.05, 0.1) is 27.5 Å². The summed E-state index contributed by atoms with van der Waals surface area (Å²) in [5.74, 6) is 0.00611. The fourth-order valence-electron chi connectivity index (χ4n) is 2.35. The van der Waals surface area contributed by atoms with E-state index < -0.39 is 5.97 Å². The monoisotopic (exact) mass is 320 g/mol. The Labute approximate surface area is 130 Å². The Morgan fingerprint density at radius 1 is 1.38 bits per heavy atom. The largest absolute Gasteiger partial charge is 0.478 e. The van der Waals surface area contributed by atoms with E-state index in [1.54, 1.807) is 23.5 Å². The Morgan fingerprint density at radius 2 is 2.19 bits per heavy atom. The van der Waals surface area contributed by atoms with Gasteiger partial charge in [-0.1, -0.05) is 18.5 Å². The number of carbonyl (C=O) groups is 1. The van der Waals surface area contributed by atoms with Gasteiger partial charge in [-0.15, -0.1) is 11.3 Å². The van der Waals surface area contributed by atoms with Gasteiger partial charge < -0.3 is 9.67 Å². The van der Waals surface area contributed by atoms with Crippen molar-refractivity contribution in [1.82, 2.24) is 9.55 Å². The zero-order valence-corrected chi connectivity index (χ0v) is 12.9. The number of thiophene rings is 1. The molecule has 0 bridgehead atoms. The van der Waals surface area contributed by atoms with E-state index >= 15 is 0 Å². The van der Waals surface area contributed by atoms with E-state index in [-0.39, 0.29) is 5.56 Å². The second kappa shape index (κ2) is 5.50. The van der Waals surface area contributed by atoms with Gasteiger partial charge in [-0.2, -0.15) is 0 Å². The fourth-order valence-corrected chi connectivity index (χ4v) is 3.43. The smallest absolute Gasteiger partial charge is 0.335 e. The molecular weight excluding hydrogens is 308 g/mol. The molecule has 0 fully saturated rings. The predicted molar refractivity (Wildman–Crippen MR) is 84.5 cm³/mol. The Kier molecular flexibility index (Phi) is 3.69. The van der Waals surface area contributed by atoms with Crippen LogP contribution in [-0.4, -0.2) is 20.6 Å². The van der Waals surface area contributed by atoms with E-state index in [9.17, 15) is 4.79 Å². The molecule has 0 radical (unpaired) electrons. The van der Waals surface area contributed by atoms with Gasteiger partial charge in [0, 0.05) is 11.3 Å². The molecule has 0 aliphatic heterocycles. The zero-order valence-electron chi connectivity index (χ0n) is 11.3. The van der Waals surface area contributed by atoms with E-state index in [4.69, 9.17) is 16.7 Å². The lowest BCUT2D eigenvalue weighted by atomic mass is 10.2. The molecule has 4 nitrogen and oxygen atoms in total. The van der Waals surface area contributed by atoms with Crippen LogP contribution in [0.4, 0.5) is 0 Å².